The summed E-state index contributed by atoms with van der Waals surface area (Å²) in [5, 5.41) is 2.89. The first-order valence-corrected chi connectivity index (χ1v) is 6.55. The summed E-state index contributed by atoms with van der Waals surface area (Å²) in [5.41, 5.74) is 0. The average Bonchev–Trinajstić information content (AvgIpc) is 2.89. The van der Waals surface area contributed by atoms with Crippen LogP contribution in [0.1, 0.15) is 39.0 Å². The Morgan fingerprint density at radius 2 is 1.89 bits per heavy atom. The summed E-state index contributed by atoms with van der Waals surface area (Å²) < 4.78 is 11.2. The van der Waals surface area contributed by atoms with Crippen LogP contribution >= 0.6 is 0 Å². The summed E-state index contributed by atoms with van der Waals surface area (Å²) in [4.78, 5) is 12.5. The van der Waals surface area contributed by atoms with E-state index in [9.17, 15) is 0 Å². The molecule has 0 bridgehead atoms. The molecule has 0 aromatic carbocycles. The van der Waals surface area contributed by atoms with Crippen LogP contribution in [0, 0.1) is 0 Å². The lowest BCUT2D eigenvalue weighted by molar-refractivity contribution is 0.186. The van der Waals surface area contributed by atoms with Gasteiger partial charge in [-0.2, -0.15) is 9.97 Å². The number of nitrogens with zero attached hydrogens (tertiary/aromatic N) is 3. The summed E-state index contributed by atoms with van der Waals surface area (Å²) >= 11 is 0. The molecule has 1 aliphatic carbocycles. The molecule has 1 aromatic rings. The molecule has 0 spiro atoms. The molecule has 0 amide bonds. The van der Waals surface area contributed by atoms with Gasteiger partial charge >= 0.3 is 12.0 Å². The predicted molar refractivity (Wildman–Crippen MR) is 68.0 cm³/mol. The van der Waals surface area contributed by atoms with E-state index in [0.717, 1.165) is 19.3 Å². The monoisotopic (exact) mass is 252 g/mol. The van der Waals surface area contributed by atoms with Crippen LogP contribution in [0.25, 0.3) is 0 Å². The van der Waals surface area contributed by atoms with Crippen LogP contribution in [0.15, 0.2) is 0 Å². The first kappa shape index (κ1) is 12.9. The summed E-state index contributed by atoms with van der Waals surface area (Å²) in [6, 6.07) is 0.677. The molecule has 0 unspecified atom stereocenters. The second-order valence-electron chi connectivity index (χ2n) is 4.35. The van der Waals surface area contributed by atoms with Crippen molar-refractivity contribution in [2.24, 2.45) is 0 Å². The highest BCUT2D eigenvalue weighted by Crippen LogP contribution is 2.23. The number of ether oxygens (including phenoxy) is 2. The van der Waals surface area contributed by atoms with Crippen LogP contribution in [-0.4, -0.2) is 34.7 Å². The Hall–Kier alpha value is -1.59. The van der Waals surface area contributed by atoms with Gasteiger partial charge in [-0.3, -0.25) is 0 Å². The van der Waals surface area contributed by atoms with Gasteiger partial charge in [0, 0.05) is 7.05 Å². The Balaban J connectivity index is 2.06. The van der Waals surface area contributed by atoms with E-state index in [0.29, 0.717) is 24.6 Å². The minimum absolute atomic E-state index is 0.233. The van der Waals surface area contributed by atoms with Crippen LogP contribution in [0.2, 0.25) is 0 Å². The third-order valence-corrected chi connectivity index (χ3v) is 2.83. The van der Waals surface area contributed by atoms with Gasteiger partial charge in [-0.25, -0.2) is 0 Å². The number of rotatable bonds is 6. The van der Waals surface area contributed by atoms with Gasteiger partial charge in [0.15, 0.2) is 0 Å². The molecule has 1 aliphatic rings. The number of hydrogen-bond donors (Lipinski definition) is 1. The van der Waals surface area contributed by atoms with E-state index in [4.69, 9.17) is 9.47 Å². The van der Waals surface area contributed by atoms with E-state index in [1.165, 1.54) is 12.8 Å². The van der Waals surface area contributed by atoms with E-state index in [-0.39, 0.29) is 6.10 Å². The van der Waals surface area contributed by atoms with Gasteiger partial charge in [-0.05, 0) is 32.1 Å². The van der Waals surface area contributed by atoms with Crippen molar-refractivity contribution >= 4 is 5.95 Å². The lowest BCUT2D eigenvalue weighted by Crippen LogP contribution is -2.15. The summed E-state index contributed by atoms with van der Waals surface area (Å²) in [7, 11) is 1.76. The van der Waals surface area contributed by atoms with Gasteiger partial charge in [0.05, 0.1) is 6.61 Å². The fraction of sp³-hybridized carbons (Fsp3) is 0.750. The topological polar surface area (TPSA) is 69.2 Å². The smallest absolute Gasteiger partial charge is 0.324 e. The number of aromatic nitrogens is 3. The van der Waals surface area contributed by atoms with Gasteiger partial charge in [-0.1, -0.05) is 6.92 Å². The Bertz CT molecular complexity index is 380. The summed E-state index contributed by atoms with van der Waals surface area (Å²) in [6.45, 7) is 2.63. The third kappa shape index (κ3) is 3.45. The normalized spacial score (nSPS) is 15.7. The molecule has 0 saturated heterocycles. The zero-order valence-electron chi connectivity index (χ0n) is 11.0. The van der Waals surface area contributed by atoms with Gasteiger partial charge in [-0.15, -0.1) is 4.98 Å². The van der Waals surface area contributed by atoms with Crippen molar-refractivity contribution in [1.29, 1.82) is 0 Å². The van der Waals surface area contributed by atoms with Crippen LogP contribution in [0.3, 0.4) is 0 Å². The highest BCUT2D eigenvalue weighted by molar-refractivity contribution is 5.26. The predicted octanol–water partition coefficient (Wildman–Crippen LogP) is 2.02. The lowest BCUT2D eigenvalue weighted by atomic mass is 10.3. The third-order valence-electron chi connectivity index (χ3n) is 2.83. The first-order chi connectivity index (χ1) is 8.81. The molecule has 1 aromatic heterocycles. The van der Waals surface area contributed by atoms with E-state index in [1.807, 2.05) is 6.92 Å². The van der Waals surface area contributed by atoms with E-state index >= 15 is 0 Å². The van der Waals surface area contributed by atoms with Crippen LogP contribution in [0.4, 0.5) is 5.95 Å². The number of hydrogen-bond acceptors (Lipinski definition) is 6. The molecule has 0 atom stereocenters. The van der Waals surface area contributed by atoms with Crippen LogP contribution in [-0.2, 0) is 0 Å². The fourth-order valence-electron chi connectivity index (χ4n) is 1.92. The number of anilines is 1. The van der Waals surface area contributed by atoms with Crippen molar-refractivity contribution in [2.75, 3.05) is 19.0 Å². The minimum Gasteiger partial charge on any atom is -0.463 e. The molecule has 2 rings (SSSR count). The molecular weight excluding hydrogens is 232 g/mol. The van der Waals surface area contributed by atoms with Crippen molar-refractivity contribution in [3.05, 3.63) is 0 Å². The molecule has 1 heterocycles. The standard InChI is InChI=1S/C12H20N4O2/c1-3-8-17-11-14-10(13-2)15-12(16-11)18-9-6-4-5-7-9/h9H,3-8H2,1-2H3,(H,13,14,15,16). The maximum Gasteiger partial charge on any atom is 0.324 e. The average molecular weight is 252 g/mol. The molecule has 6 nitrogen and oxygen atoms in total. The molecule has 1 fully saturated rings. The number of nitrogens with one attached hydrogen (secondary N) is 1. The van der Waals surface area contributed by atoms with Crippen molar-refractivity contribution in [3.8, 4) is 12.0 Å². The van der Waals surface area contributed by atoms with Crippen molar-refractivity contribution in [3.63, 3.8) is 0 Å². The Kier molecular flexibility index (Phi) is 4.55. The van der Waals surface area contributed by atoms with Crippen molar-refractivity contribution in [2.45, 2.75) is 45.1 Å². The van der Waals surface area contributed by atoms with E-state index in [1.54, 1.807) is 7.05 Å². The molecule has 0 aliphatic heterocycles. The second-order valence-corrected chi connectivity index (χ2v) is 4.35. The Morgan fingerprint density at radius 1 is 1.17 bits per heavy atom. The van der Waals surface area contributed by atoms with Gasteiger partial charge in [0.1, 0.15) is 6.10 Å². The molecule has 1 saturated carbocycles. The maximum atomic E-state index is 5.76. The Labute approximate surface area is 107 Å². The van der Waals surface area contributed by atoms with Gasteiger partial charge in [0.2, 0.25) is 5.95 Å². The van der Waals surface area contributed by atoms with Crippen molar-refractivity contribution < 1.29 is 9.47 Å². The van der Waals surface area contributed by atoms with E-state index in [2.05, 4.69) is 20.3 Å². The fourth-order valence-corrected chi connectivity index (χ4v) is 1.92. The highest BCUT2D eigenvalue weighted by atomic mass is 16.5. The molecule has 100 valence electrons. The Morgan fingerprint density at radius 3 is 2.56 bits per heavy atom. The SMILES string of the molecule is CCCOc1nc(NC)nc(OC2CCCC2)n1. The zero-order chi connectivity index (χ0) is 12.8. The quantitative estimate of drug-likeness (QED) is 0.835. The molecular formula is C12H20N4O2. The lowest BCUT2D eigenvalue weighted by Gasteiger charge is -2.12. The molecule has 1 N–H and O–H groups in total. The zero-order valence-corrected chi connectivity index (χ0v) is 11.0. The van der Waals surface area contributed by atoms with E-state index < -0.39 is 0 Å². The first-order valence-electron chi connectivity index (χ1n) is 6.55. The summed E-state index contributed by atoms with van der Waals surface area (Å²) in [5.74, 6) is 0.476. The maximum absolute atomic E-state index is 5.76. The van der Waals surface area contributed by atoms with Crippen LogP contribution in [0.5, 0.6) is 12.0 Å². The second kappa shape index (κ2) is 6.37. The van der Waals surface area contributed by atoms with Crippen LogP contribution < -0.4 is 14.8 Å². The molecule has 6 heteroatoms. The largest absolute Gasteiger partial charge is 0.463 e. The van der Waals surface area contributed by atoms with Gasteiger partial charge in [0.25, 0.3) is 0 Å². The van der Waals surface area contributed by atoms with Crippen molar-refractivity contribution in [1.82, 2.24) is 15.0 Å². The minimum atomic E-state index is 0.233. The van der Waals surface area contributed by atoms with Gasteiger partial charge < -0.3 is 14.8 Å². The highest BCUT2D eigenvalue weighted by Gasteiger charge is 2.19. The summed E-state index contributed by atoms with van der Waals surface area (Å²) in [6.07, 6.45) is 5.73. The molecule has 0 radical (unpaired) electrons. The molecule has 18 heavy (non-hydrogen) atoms.